The number of rotatable bonds is 19. The first-order chi connectivity index (χ1) is 35.0. The van der Waals surface area contributed by atoms with Gasteiger partial charge in [-0.25, -0.2) is 10.2 Å². The summed E-state index contributed by atoms with van der Waals surface area (Å²) in [4.78, 5) is 46.8. The summed E-state index contributed by atoms with van der Waals surface area (Å²) in [5.74, 6) is 0.911. The molecular formula is C58H52N6O5S2. The topological polar surface area (TPSA) is 144 Å². The number of nitrogens with zero attached hydrogens (tertiary/aromatic N) is 4. The number of amides is 1. The molecule has 0 unspecified atom stereocenters. The number of hydrogen-bond acceptors (Lipinski definition) is 12. The van der Waals surface area contributed by atoms with E-state index < -0.39 is 5.97 Å². The molecule has 2 N–H and O–H groups in total. The van der Waals surface area contributed by atoms with Crippen LogP contribution in [0.15, 0.2) is 162 Å². The summed E-state index contributed by atoms with van der Waals surface area (Å²) in [5.41, 5.74) is 19.5. The summed E-state index contributed by atoms with van der Waals surface area (Å²) in [5, 5.41) is 9.49. The summed E-state index contributed by atoms with van der Waals surface area (Å²) in [6.07, 6.45) is 5.34. The van der Waals surface area contributed by atoms with E-state index in [-0.39, 0.29) is 30.8 Å². The number of thiol groups is 2. The lowest BCUT2D eigenvalue weighted by Crippen LogP contribution is -2.21. The van der Waals surface area contributed by atoms with Crippen LogP contribution in [0.4, 0.5) is 5.69 Å². The molecule has 0 aliphatic carbocycles. The van der Waals surface area contributed by atoms with E-state index in [0.717, 1.165) is 96.4 Å². The first-order valence-electron chi connectivity index (χ1n) is 23.6. The minimum atomic E-state index is -0.644. The fraction of sp³-hybridized carbons (Fsp3) is 0.155. The number of hydrogen-bond donors (Lipinski definition) is 4. The molecule has 71 heavy (non-hydrogen) atoms. The molecule has 0 aliphatic rings. The lowest BCUT2D eigenvalue weighted by molar-refractivity contribution is -0.135. The second kappa shape index (κ2) is 23.6. The van der Waals surface area contributed by atoms with E-state index in [0.29, 0.717) is 40.4 Å². The van der Waals surface area contributed by atoms with Gasteiger partial charge in [-0.05, 0) is 148 Å². The quantitative estimate of drug-likeness (QED) is 0.0157. The van der Waals surface area contributed by atoms with Gasteiger partial charge in [0.15, 0.2) is 5.71 Å². The number of pyridine rings is 2. The summed E-state index contributed by atoms with van der Waals surface area (Å²) in [6.45, 7) is 6.53. The van der Waals surface area contributed by atoms with Crippen molar-refractivity contribution in [1.82, 2.24) is 15.4 Å². The van der Waals surface area contributed by atoms with Crippen molar-refractivity contribution in [1.29, 1.82) is 0 Å². The zero-order valence-corrected chi connectivity index (χ0v) is 41.3. The Hall–Kier alpha value is -7.87. The molecular weight excluding hydrogens is 925 g/mol. The Morgan fingerprint density at radius 3 is 1.99 bits per heavy atom. The van der Waals surface area contributed by atoms with Gasteiger partial charge in [-0.3, -0.25) is 25.0 Å². The van der Waals surface area contributed by atoms with Crippen LogP contribution in [0.2, 0.25) is 0 Å². The van der Waals surface area contributed by atoms with Crippen molar-refractivity contribution in [2.24, 2.45) is 10.2 Å². The molecule has 0 saturated carbocycles. The molecule has 11 nitrogen and oxygen atoms in total. The van der Waals surface area contributed by atoms with Crippen LogP contribution in [0, 0.1) is 13.8 Å². The first kappa shape index (κ1) is 48.2. The maximum Gasteiger partial charge on any atom is 0.361 e. The number of fused-ring (bicyclic) bond motifs is 1. The van der Waals surface area contributed by atoms with E-state index in [1.807, 2.05) is 98.0 Å². The van der Waals surface area contributed by atoms with Gasteiger partial charge < -0.3 is 9.47 Å². The average molecular weight is 978 g/mol. The van der Waals surface area contributed by atoms with Crippen molar-refractivity contribution in [3.05, 3.63) is 180 Å². The van der Waals surface area contributed by atoms with Gasteiger partial charge in [0.05, 0.1) is 37.7 Å². The molecule has 0 radical (unpaired) electrons. The van der Waals surface area contributed by atoms with E-state index >= 15 is 0 Å². The van der Waals surface area contributed by atoms with Crippen molar-refractivity contribution in [2.75, 3.05) is 30.1 Å². The molecule has 2 heterocycles. The predicted molar refractivity (Wildman–Crippen MR) is 293 cm³/mol. The maximum atomic E-state index is 13.6. The highest BCUT2D eigenvalue weighted by atomic mass is 32.1. The molecule has 2 aromatic heterocycles. The summed E-state index contributed by atoms with van der Waals surface area (Å²) < 4.78 is 19.9. The van der Waals surface area contributed by atoms with E-state index in [2.05, 4.69) is 89.5 Å². The Bertz CT molecular complexity index is 3360. The summed E-state index contributed by atoms with van der Waals surface area (Å²) in [7, 11) is 0. The monoisotopic (exact) mass is 977 g/mol. The number of carbonyl (C=O) groups excluding carboxylic acids is 3. The normalized spacial score (nSPS) is 11.8. The van der Waals surface area contributed by atoms with Gasteiger partial charge in [0.25, 0.3) is 0 Å². The Kier molecular flexibility index (Phi) is 16.0. The van der Waals surface area contributed by atoms with Crippen LogP contribution >= 0.6 is 25.3 Å². The zero-order chi connectivity index (χ0) is 50.6. The van der Waals surface area contributed by atoms with Crippen LogP contribution in [-0.2, 0) is 14.3 Å². The summed E-state index contributed by atoms with van der Waals surface area (Å²) >= 11 is 8.37. The van der Waals surface area contributed by atoms with Gasteiger partial charge in [0, 0.05) is 40.9 Å². The number of anilines is 1. The fourth-order valence-corrected chi connectivity index (χ4v) is 8.42. The molecule has 0 aliphatic heterocycles. The number of nitrogens with one attached hydrogen (secondary N) is 2. The Morgan fingerprint density at radius 2 is 1.32 bits per heavy atom. The maximum absolute atomic E-state index is 13.6. The number of aldehydes is 1. The number of benzene rings is 6. The first-order valence-corrected chi connectivity index (χ1v) is 24.4. The van der Waals surface area contributed by atoms with Crippen molar-refractivity contribution < 1.29 is 25.2 Å². The molecule has 0 atom stereocenters. The lowest BCUT2D eigenvalue weighted by atomic mass is 9.93. The van der Waals surface area contributed by atoms with Crippen molar-refractivity contribution >= 4 is 71.9 Å². The van der Waals surface area contributed by atoms with Gasteiger partial charge in [-0.15, -0.1) is 0 Å². The summed E-state index contributed by atoms with van der Waals surface area (Å²) in [6, 6.07) is 44.9. The molecule has 356 valence electrons. The largest absolute Gasteiger partial charge is 0.494 e. The zero-order valence-electron chi connectivity index (χ0n) is 40.5. The highest BCUT2D eigenvalue weighted by molar-refractivity contribution is 7.80. The van der Waals surface area contributed by atoms with Crippen LogP contribution in [0.25, 0.3) is 66.5 Å². The minimum Gasteiger partial charge on any atom is -0.494 e. The van der Waals surface area contributed by atoms with Gasteiger partial charge >= 0.3 is 5.97 Å². The SMILES string of the molecule is [2H]/C(=N\NC(=O)CCS)c1cccc(-c2ccc(-c3cc(N/N=C(\C(=O)OCC)c4ccc(-c5cccc(OCCCS)c5)cn4)c4ncc(-c5ccc(-c6cccc(C=O)c6)cc5C)cc4c3)c(C)c2)c1. The van der Waals surface area contributed by atoms with Crippen molar-refractivity contribution in [3.8, 4) is 61.4 Å². The van der Waals surface area contributed by atoms with Crippen LogP contribution in [0.3, 0.4) is 0 Å². The number of ether oxygens (including phenoxy) is 2. The molecule has 0 fully saturated rings. The highest BCUT2D eigenvalue weighted by Gasteiger charge is 2.19. The van der Waals surface area contributed by atoms with Crippen LogP contribution in [-0.4, -0.2) is 64.8 Å². The van der Waals surface area contributed by atoms with E-state index in [4.69, 9.17) is 20.9 Å². The van der Waals surface area contributed by atoms with E-state index in [1.165, 1.54) is 0 Å². The smallest absolute Gasteiger partial charge is 0.361 e. The number of esters is 1. The van der Waals surface area contributed by atoms with Gasteiger partial charge in [0.1, 0.15) is 12.0 Å². The molecule has 6 aromatic carbocycles. The lowest BCUT2D eigenvalue weighted by Gasteiger charge is -2.15. The van der Waals surface area contributed by atoms with Gasteiger partial charge in [-0.1, -0.05) is 91.0 Å². The van der Waals surface area contributed by atoms with Crippen LogP contribution in [0.1, 0.15) is 53.9 Å². The third kappa shape index (κ3) is 12.3. The number of aromatic nitrogens is 2. The highest BCUT2D eigenvalue weighted by Crippen LogP contribution is 2.37. The standard InChI is InChI=1S/C58H52N6O5S2/c1-4-68-58(67)57(53-20-17-46(34-59-53)43-13-7-14-50(31-43)69-22-8-23-70)64-62-54-32-47(51-18-15-44(25-37(51)2)41-11-5-9-39(27-41)33-61-63-55(66)21-24-71)29-48-30-49(35-60-56(48)54)52-19-16-45(26-38(52)3)42-12-6-10-40(28-42)36-65/h5-7,9-20,25-36,62,70-71H,4,8,21-24H2,1-3H3,(H,63,66)/b61-33+,64-57-/i33D. The van der Waals surface area contributed by atoms with Crippen molar-refractivity contribution in [2.45, 2.75) is 33.6 Å². The second-order valence-corrected chi connectivity index (χ2v) is 17.5. The molecule has 8 rings (SSSR count). The van der Waals surface area contributed by atoms with Crippen molar-refractivity contribution in [3.63, 3.8) is 0 Å². The van der Waals surface area contributed by atoms with Crippen LogP contribution in [0.5, 0.6) is 5.75 Å². The minimum absolute atomic E-state index is 0.0134. The molecule has 1 amide bonds. The fourth-order valence-electron chi connectivity index (χ4n) is 8.09. The molecule has 8 aromatic rings. The average Bonchev–Trinajstić information content (AvgIpc) is 3.40. The molecule has 0 bridgehead atoms. The Balaban J connectivity index is 1.17. The molecule has 0 saturated heterocycles. The predicted octanol–water partition coefficient (Wildman–Crippen LogP) is 12.2. The third-order valence-corrected chi connectivity index (χ3v) is 12.2. The van der Waals surface area contributed by atoms with Gasteiger partial charge in [0.2, 0.25) is 5.91 Å². The number of hydrazone groups is 2. The van der Waals surface area contributed by atoms with E-state index in [1.54, 1.807) is 31.3 Å². The van der Waals surface area contributed by atoms with Crippen LogP contribution < -0.4 is 15.6 Å². The number of aryl methyl sites for hydroxylation is 2. The Morgan fingerprint density at radius 1 is 0.690 bits per heavy atom. The Labute approximate surface area is 425 Å². The van der Waals surface area contributed by atoms with E-state index in [9.17, 15) is 14.4 Å². The van der Waals surface area contributed by atoms with Gasteiger partial charge in [-0.2, -0.15) is 35.5 Å². The third-order valence-electron chi connectivity index (χ3n) is 11.6. The number of carbonyl (C=O) groups is 3. The molecule has 0 spiro atoms. The second-order valence-electron chi connectivity index (χ2n) is 16.6. The molecule has 13 heteroatoms.